The minimum absolute atomic E-state index is 0.202. The molecule has 0 saturated carbocycles. The Bertz CT molecular complexity index is 1030. The monoisotopic (exact) mass is 469 g/mol. The number of carbonyl (C=O) groups is 1. The van der Waals surface area contributed by atoms with Gasteiger partial charge in [-0.3, -0.25) is 0 Å². The number of methoxy groups -OCH3 is 1. The highest BCUT2D eigenvalue weighted by Gasteiger charge is 2.31. The van der Waals surface area contributed by atoms with E-state index in [9.17, 15) is 5.26 Å². The van der Waals surface area contributed by atoms with Gasteiger partial charge in [0.2, 0.25) is 0 Å². The number of allylic oxidation sites excluding steroid dienone is 2. The molecule has 1 aliphatic rings. The molecule has 1 atom stereocenters. The van der Waals surface area contributed by atoms with Crippen LogP contribution in [0.3, 0.4) is 0 Å². The SMILES string of the molecule is C=O.CCCSC1=C(C#N)C(c2ccccc2Cl)C(CNc2ccccc2OC)=C(C)N1. The van der Waals surface area contributed by atoms with E-state index in [0.29, 0.717) is 17.1 Å². The Kier molecular flexibility index (Phi) is 10.2. The van der Waals surface area contributed by atoms with Crippen molar-refractivity contribution in [3.05, 3.63) is 81.0 Å². The summed E-state index contributed by atoms with van der Waals surface area (Å²) >= 11 is 8.28. The molecule has 5 nitrogen and oxygen atoms in total. The lowest BCUT2D eigenvalue weighted by molar-refractivity contribution is -0.0979. The summed E-state index contributed by atoms with van der Waals surface area (Å²) in [5, 5.41) is 18.6. The van der Waals surface area contributed by atoms with E-state index in [1.54, 1.807) is 18.9 Å². The Hall–Kier alpha value is -2.88. The van der Waals surface area contributed by atoms with Crippen molar-refractivity contribution in [2.45, 2.75) is 26.2 Å². The van der Waals surface area contributed by atoms with Gasteiger partial charge in [0.25, 0.3) is 0 Å². The Morgan fingerprint density at radius 2 is 1.91 bits per heavy atom. The summed E-state index contributed by atoms with van der Waals surface area (Å²) < 4.78 is 5.47. The quantitative estimate of drug-likeness (QED) is 0.485. The predicted octanol–water partition coefficient (Wildman–Crippen LogP) is 6.11. The smallest absolute Gasteiger partial charge is 0.141 e. The molecule has 0 saturated heterocycles. The van der Waals surface area contributed by atoms with Gasteiger partial charge in [0.1, 0.15) is 12.5 Å². The number of nitrogens with zero attached hydrogens (tertiary/aromatic N) is 1. The minimum Gasteiger partial charge on any atom is -0.495 e. The van der Waals surface area contributed by atoms with Crippen LogP contribution >= 0.6 is 23.4 Å². The number of benzene rings is 2. The van der Waals surface area contributed by atoms with Gasteiger partial charge in [0, 0.05) is 23.2 Å². The van der Waals surface area contributed by atoms with Crippen LogP contribution in [0.5, 0.6) is 5.75 Å². The van der Waals surface area contributed by atoms with Crippen molar-refractivity contribution in [3.63, 3.8) is 0 Å². The first-order valence-corrected chi connectivity index (χ1v) is 11.6. The zero-order chi connectivity index (χ0) is 23.5. The van der Waals surface area contributed by atoms with Crippen LogP contribution in [0.1, 0.15) is 31.7 Å². The number of thioether (sulfide) groups is 1. The van der Waals surface area contributed by atoms with Gasteiger partial charge in [0.15, 0.2) is 0 Å². The summed E-state index contributed by atoms with van der Waals surface area (Å²) in [6.07, 6.45) is 1.04. The second-order valence-electron chi connectivity index (χ2n) is 6.99. The van der Waals surface area contributed by atoms with Gasteiger partial charge in [-0.25, -0.2) is 0 Å². The van der Waals surface area contributed by atoms with Crippen molar-refractivity contribution >= 4 is 35.8 Å². The summed E-state index contributed by atoms with van der Waals surface area (Å²) in [5.41, 5.74) is 4.70. The van der Waals surface area contributed by atoms with Crippen LogP contribution in [-0.2, 0) is 4.79 Å². The van der Waals surface area contributed by atoms with E-state index in [1.807, 2.05) is 55.3 Å². The lowest BCUT2D eigenvalue weighted by atomic mass is 9.82. The molecule has 1 aliphatic heterocycles. The maximum atomic E-state index is 10.1. The molecule has 2 aromatic carbocycles. The molecule has 7 heteroatoms. The van der Waals surface area contributed by atoms with Gasteiger partial charge in [-0.05, 0) is 48.4 Å². The van der Waals surface area contributed by atoms with Crippen molar-refractivity contribution in [1.82, 2.24) is 5.32 Å². The van der Waals surface area contributed by atoms with Gasteiger partial charge >= 0.3 is 0 Å². The summed E-state index contributed by atoms with van der Waals surface area (Å²) in [6, 6.07) is 18.1. The largest absolute Gasteiger partial charge is 0.495 e. The molecule has 168 valence electrons. The molecule has 0 aromatic heterocycles. The third kappa shape index (κ3) is 5.87. The summed E-state index contributed by atoms with van der Waals surface area (Å²) in [6.45, 7) is 6.76. The third-order valence-electron chi connectivity index (χ3n) is 5.03. The van der Waals surface area contributed by atoms with Crippen molar-refractivity contribution in [2.75, 3.05) is 24.7 Å². The fourth-order valence-electron chi connectivity index (χ4n) is 3.54. The molecule has 0 fully saturated rings. The molecule has 32 heavy (non-hydrogen) atoms. The zero-order valence-electron chi connectivity index (χ0n) is 18.6. The molecular formula is C25H28ClN3O2S. The predicted molar refractivity (Wildman–Crippen MR) is 134 cm³/mol. The highest BCUT2D eigenvalue weighted by atomic mass is 35.5. The van der Waals surface area contributed by atoms with Gasteiger partial charge in [-0.15, -0.1) is 11.8 Å². The van der Waals surface area contributed by atoms with E-state index < -0.39 is 0 Å². The number of carbonyl (C=O) groups excluding carboxylic acids is 1. The number of rotatable bonds is 8. The van der Waals surface area contributed by atoms with Crippen LogP contribution in [0.2, 0.25) is 5.02 Å². The van der Waals surface area contributed by atoms with Crippen LogP contribution < -0.4 is 15.4 Å². The Morgan fingerprint density at radius 1 is 1.22 bits per heavy atom. The molecule has 0 spiro atoms. The second-order valence-corrected chi connectivity index (χ2v) is 8.50. The summed E-state index contributed by atoms with van der Waals surface area (Å²) in [7, 11) is 1.66. The van der Waals surface area contributed by atoms with Crippen LogP contribution in [0, 0.1) is 11.3 Å². The molecule has 0 aliphatic carbocycles. The highest BCUT2D eigenvalue weighted by molar-refractivity contribution is 8.03. The number of nitriles is 1. The lowest BCUT2D eigenvalue weighted by Crippen LogP contribution is -2.27. The average molecular weight is 470 g/mol. The standard InChI is InChI=1S/C24H26ClN3OS.CH2O/c1-4-13-30-24-18(14-26)23(17-9-5-6-10-20(17)25)19(16(2)28-24)15-27-21-11-7-8-12-22(21)29-3;1-2/h5-12,23,27-28H,4,13,15H2,1-3H3;1H2. The van der Waals surface area contributed by atoms with E-state index in [2.05, 4.69) is 30.6 Å². The summed E-state index contributed by atoms with van der Waals surface area (Å²) in [4.78, 5) is 8.00. The molecule has 3 rings (SSSR count). The van der Waals surface area contributed by atoms with Crippen LogP contribution in [0.4, 0.5) is 5.69 Å². The second kappa shape index (κ2) is 12.8. The lowest BCUT2D eigenvalue weighted by Gasteiger charge is -2.31. The number of dihydropyridines is 1. The number of para-hydroxylation sites is 2. The first kappa shape index (κ1) is 25.4. The molecule has 0 amide bonds. The van der Waals surface area contributed by atoms with Crippen LogP contribution in [0.25, 0.3) is 0 Å². The van der Waals surface area contributed by atoms with Crippen molar-refractivity contribution < 1.29 is 9.53 Å². The number of halogens is 1. The van der Waals surface area contributed by atoms with E-state index in [0.717, 1.165) is 45.5 Å². The fourth-order valence-corrected chi connectivity index (χ4v) is 4.74. The fraction of sp³-hybridized carbons (Fsp3) is 0.280. The average Bonchev–Trinajstić information content (AvgIpc) is 2.83. The number of nitrogens with one attached hydrogen (secondary N) is 2. The van der Waals surface area contributed by atoms with E-state index >= 15 is 0 Å². The molecule has 2 N–H and O–H groups in total. The maximum absolute atomic E-state index is 10.1. The normalized spacial score (nSPS) is 15.3. The van der Waals surface area contributed by atoms with Gasteiger partial charge in [0.05, 0.1) is 29.5 Å². The molecule has 0 radical (unpaired) electrons. The van der Waals surface area contributed by atoms with E-state index in [1.165, 1.54) is 0 Å². The first-order valence-electron chi connectivity index (χ1n) is 10.2. The Balaban J connectivity index is 0.00000176. The van der Waals surface area contributed by atoms with Crippen molar-refractivity contribution in [2.24, 2.45) is 0 Å². The van der Waals surface area contributed by atoms with Crippen molar-refractivity contribution in [3.8, 4) is 11.8 Å². The number of hydrogen-bond donors (Lipinski definition) is 2. The van der Waals surface area contributed by atoms with Gasteiger partial charge < -0.3 is 20.2 Å². The maximum Gasteiger partial charge on any atom is 0.141 e. The van der Waals surface area contributed by atoms with E-state index in [-0.39, 0.29) is 5.92 Å². The zero-order valence-corrected chi connectivity index (χ0v) is 20.1. The Labute approximate surface area is 199 Å². The van der Waals surface area contributed by atoms with Crippen molar-refractivity contribution in [1.29, 1.82) is 5.26 Å². The van der Waals surface area contributed by atoms with Gasteiger partial charge in [-0.1, -0.05) is 48.9 Å². The molecule has 1 unspecified atom stereocenters. The van der Waals surface area contributed by atoms with E-state index in [4.69, 9.17) is 21.1 Å². The van der Waals surface area contributed by atoms with Crippen LogP contribution in [-0.4, -0.2) is 26.2 Å². The van der Waals surface area contributed by atoms with Crippen LogP contribution in [0.15, 0.2) is 70.4 Å². The number of ether oxygens (including phenoxy) is 1. The Morgan fingerprint density at radius 3 is 2.56 bits per heavy atom. The first-order chi connectivity index (χ1) is 15.6. The number of hydrogen-bond acceptors (Lipinski definition) is 6. The molecule has 2 aromatic rings. The molecule has 1 heterocycles. The molecule has 0 bridgehead atoms. The topological polar surface area (TPSA) is 74.2 Å². The number of anilines is 1. The highest BCUT2D eigenvalue weighted by Crippen LogP contribution is 2.43. The summed E-state index contributed by atoms with van der Waals surface area (Å²) in [5.74, 6) is 1.53. The minimum atomic E-state index is -0.202. The van der Waals surface area contributed by atoms with Gasteiger partial charge in [-0.2, -0.15) is 5.26 Å². The third-order valence-corrected chi connectivity index (χ3v) is 6.60. The molecular weight excluding hydrogens is 442 g/mol.